The fourth-order valence-corrected chi connectivity index (χ4v) is 4.25. The highest BCUT2D eigenvalue weighted by atomic mass is 32.1. The summed E-state index contributed by atoms with van der Waals surface area (Å²) < 4.78 is 5.37. The Morgan fingerprint density at radius 1 is 1.21 bits per heavy atom. The molecule has 0 aliphatic heterocycles. The summed E-state index contributed by atoms with van der Waals surface area (Å²) in [6, 6.07) is 6.93. The van der Waals surface area contributed by atoms with Gasteiger partial charge in [-0.15, -0.1) is 11.3 Å². The molecular formula is C18H20N2O3S. The minimum Gasteiger partial charge on any atom is -0.494 e. The third-order valence-electron chi connectivity index (χ3n) is 4.07. The van der Waals surface area contributed by atoms with Gasteiger partial charge in [0.2, 0.25) is 0 Å². The van der Waals surface area contributed by atoms with Gasteiger partial charge in [0, 0.05) is 10.4 Å². The number of nitrogens with one attached hydrogen (secondary N) is 1. The number of rotatable bonds is 5. The first-order valence-electron chi connectivity index (χ1n) is 8.08. The number of thiophene rings is 1. The summed E-state index contributed by atoms with van der Waals surface area (Å²) in [6.45, 7) is 2.48. The molecule has 0 saturated carbocycles. The van der Waals surface area contributed by atoms with Crippen LogP contribution < -0.4 is 15.8 Å². The Labute approximate surface area is 144 Å². The summed E-state index contributed by atoms with van der Waals surface area (Å²) in [7, 11) is 0. The predicted octanol–water partition coefficient (Wildman–Crippen LogP) is 3.38. The summed E-state index contributed by atoms with van der Waals surface area (Å²) in [4.78, 5) is 25.5. The molecule has 0 spiro atoms. The number of amides is 2. The summed E-state index contributed by atoms with van der Waals surface area (Å²) in [5.74, 6) is -0.00555. The predicted molar refractivity (Wildman–Crippen MR) is 95.0 cm³/mol. The van der Waals surface area contributed by atoms with E-state index < -0.39 is 5.91 Å². The second-order valence-corrected chi connectivity index (χ2v) is 6.80. The second-order valence-electron chi connectivity index (χ2n) is 5.69. The van der Waals surface area contributed by atoms with Crippen molar-refractivity contribution in [3.05, 3.63) is 45.8 Å². The maximum absolute atomic E-state index is 12.5. The number of primary amides is 1. The van der Waals surface area contributed by atoms with E-state index in [1.807, 2.05) is 6.92 Å². The van der Waals surface area contributed by atoms with Crippen molar-refractivity contribution in [3.63, 3.8) is 0 Å². The summed E-state index contributed by atoms with van der Waals surface area (Å²) in [5, 5.41) is 3.42. The Morgan fingerprint density at radius 2 is 1.92 bits per heavy atom. The number of anilines is 1. The number of carbonyl (C=O) groups excluding carboxylic acids is 2. The van der Waals surface area contributed by atoms with Crippen LogP contribution in [0.5, 0.6) is 5.75 Å². The number of carbonyl (C=O) groups is 2. The minimum absolute atomic E-state index is 0.251. The maximum atomic E-state index is 12.5. The van der Waals surface area contributed by atoms with E-state index in [2.05, 4.69) is 5.32 Å². The molecule has 0 saturated heterocycles. The maximum Gasteiger partial charge on any atom is 0.256 e. The molecule has 24 heavy (non-hydrogen) atoms. The molecule has 0 fully saturated rings. The molecule has 1 aromatic heterocycles. The van der Waals surface area contributed by atoms with E-state index in [4.69, 9.17) is 10.5 Å². The van der Waals surface area contributed by atoms with Crippen LogP contribution in [0.15, 0.2) is 24.3 Å². The minimum atomic E-state index is -0.476. The third-order valence-corrected chi connectivity index (χ3v) is 5.28. The molecule has 2 aromatic rings. The molecule has 0 radical (unpaired) electrons. The van der Waals surface area contributed by atoms with Crippen molar-refractivity contribution in [1.82, 2.24) is 0 Å². The van der Waals surface area contributed by atoms with Gasteiger partial charge < -0.3 is 15.8 Å². The van der Waals surface area contributed by atoms with E-state index in [1.54, 1.807) is 24.3 Å². The van der Waals surface area contributed by atoms with Crippen LogP contribution in [-0.2, 0) is 12.8 Å². The van der Waals surface area contributed by atoms with Gasteiger partial charge in [-0.2, -0.15) is 0 Å². The van der Waals surface area contributed by atoms with Crippen molar-refractivity contribution in [2.75, 3.05) is 11.9 Å². The molecule has 3 N–H and O–H groups in total. The number of benzene rings is 1. The molecule has 1 aromatic carbocycles. The zero-order valence-electron chi connectivity index (χ0n) is 13.6. The Balaban J connectivity index is 1.83. The standard InChI is InChI=1S/C18H20N2O3S/c1-2-23-12-9-7-11(8-10-12)17(22)20-18-15(16(19)21)13-5-3-4-6-14(13)24-18/h7-10H,2-6H2,1H3,(H2,19,21)(H,20,22). The van der Waals surface area contributed by atoms with Gasteiger partial charge in [0.15, 0.2) is 0 Å². The normalized spacial score (nSPS) is 13.2. The highest BCUT2D eigenvalue weighted by molar-refractivity contribution is 7.17. The van der Waals surface area contributed by atoms with Gasteiger partial charge in [-0.3, -0.25) is 9.59 Å². The molecule has 126 valence electrons. The van der Waals surface area contributed by atoms with Crippen LogP contribution in [0.2, 0.25) is 0 Å². The van der Waals surface area contributed by atoms with Crippen LogP contribution in [-0.4, -0.2) is 18.4 Å². The highest BCUT2D eigenvalue weighted by Gasteiger charge is 2.25. The Bertz CT molecular complexity index is 765. The van der Waals surface area contributed by atoms with Gasteiger partial charge in [0.1, 0.15) is 10.8 Å². The quantitative estimate of drug-likeness (QED) is 0.872. The number of aryl methyl sites for hydroxylation is 1. The van der Waals surface area contributed by atoms with Crippen LogP contribution in [0.4, 0.5) is 5.00 Å². The van der Waals surface area contributed by atoms with Crippen LogP contribution in [0.3, 0.4) is 0 Å². The van der Waals surface area contributed by atoms with Crippen molar-refractivity contribution >= 4 is 28.2 Å². The number of hydrogen-bond donors (Lipinski definition) is 2. The van der Waals surface area contributed by atoms with Crippen LogP contribution in [0.25, 0.3) is 0 Å². The number of nitrogens with two attached hydrogens (primary N) is 1. The van der Waals surface area contributed by atoms with E-state index >= 15 is 0 Å². The molecule has 5 nitrogen and oxygen atoms in total. The van der Waals surface area contributed by atoms with Gasteiger partial charge in [0.25, 0.3) is 11.8 Å². The van der Waals surface area contributed by atoms with Gasteiger partial charge in [-0.25, -0.2) is 0 Å². The van der Waals surface area contributed by atoms with Gasteiger partial charge >= 0.3 is 0 Å². The van der Waals surface area contributed by atoms with Gasteiger partial charge in [-0.05, 0) is 62.4 Å². The summed E-state index contributed by atoms with van der Waals surface area (Å²) in [6.07, 6.45) is 3.95. The molecular weight excluding hydrogens is 324 g/mol. The lowest BCUT2D eigenvalue weighted by Crippen LogP contribution is -2.18. The largest absolute Gasteiger partial charge is 0.494 e. The Morgan fingerprint density at radius 3 is 2.58 bits per heavy atom. The summed E-state index contributed by atoms with van der Waals surface area (Å²) in [5.41, 5.74) is 7.56. The van der Waals surface area contributed by atoms with Gasteiger partial charge in [-0.1, -0.05) is 0 Å². The average molecular weight is 344 g/mol. The highest BCUT2D eigenvalue weighted by Crippen LogP contribution is 2.38. The second kappa shape index (κ2) is 7.05. The molecule has 1 aliphatic rings. The Kier molecular flexibility index (Phi) is 4.85. The SMILES string of the molecule is CCOc1ccc(C(=O)Nc2sc3c(c2C(N)=O)CCCC3)cc1. The van der Waals surface area contributed by atoms with Crippen molar-refractivity contribution in [2.24, 2.45) is 5.73 Å². The van der Waals surface area contributed by atoms with Crippen molar-refractivity contribution < 1.29 is 14.3 Å². The molecule has 6 heteroatoms. The fraction of sp³-hybridized carbons (Fsp3) is 0.333. The monoisotopic (exact) mass is 344 g/mol. The van der Waals surface area contributed by atoms with E-state index in [0.717, 1.165) is 41.9 Å². The van der Waals surface area contributed by atoms with Crippen molar-refractivity contribution in [3.8, 4) is 5.75 Å². The molecule has 1 heterocycles. The fourth-order valence-electron chi connectivity index (χ4n) is 2.96. The molecule has 0 unspecified atom stereocenters. The number of ether oxygens (including phenoxy) is 1. The zero-order valence-corrected chi connectivity index (χ0v) is 14.4. The smallest absolute Gasteiger partial charge is 0.256 e. The lowest BCUT2D eigenvalue weighted by molar-refractivity contribution is 0.100. The third kappa shape index (κ3) is 3.28. The van der Waals surface area contributed by atoms with E-state index in [9.17, 15) is 9.59 Å². The van der Waals surface area contributed by atoms with E-state index in [1.165, 1.54) is 11.3 Å². The van der Waals surface area contributed by atoms with Crippen LogP contribution in [0, 0.1) is 0 Å². The molecule has 0 bridgehead atoms. The molecule has 1 aliphatic carbocycles. The molecule has 3 rings (SSSR count). The number of hydrogen-bond acceptors (Lipinski definition) is 4. The first-order chi connectivity index (χ1) is 11.6. The Hall–Kier alpha value is -2.34. The van der Waals surface area contributed by atoms with Crippen LogP contribution >= 0.6 is 11.3 Å². The van der Waals surface area contributed by atoms with E-state index in [0.29, 0.717) is 22.7 Å². The lowest BCUT2D eigenvalue weighted by Gasteiger charge is -2.11. The first-order valence-corrected chi connectivity index (χ1v) is 8.90. The average Bonchev–Trinajstić information content (AvgIpc) is 2.93. The first kappa shape index (κ1) is 16.5. The lowest BCUT2D eigenvalue weighted by atomic mass is 9.95. The van der Waals surface area contributed by atoms with Gasteiger partial charge in [0.05, 0.1) is 12.2 Å². The van der Waals surface area contributed by atoms with Crippen molar-refractivity contribution in [1.29, 1.82) is 0 Å². The zero-order chi connectivity index (χ0) is 17.1. The van der Waals surface area contributed by atoms with E-state index in [-0.39, 0.29) is 5.91 Å². The number of fused-ring (bicyclic) bond motifs is 1. The summed E-state index contributed by atoms with van der Waals surface area (Å²) >= 11 is 1.47. The van der Waals surface area contributed by atoms with Crippen molar-refractivity contribution in [2.45, 2.75) is 32.6 Å². The topological polar surface area (TPSA) is 81.4 Å². The molecule has 0 atom stereocenters. The van der Waals surface area contributed by atoms with Crippen LogP contribution in [0.1, 0.15) is 50.9 Å². The molecule has 2 amide bonds.